The molecule has 2 aliphatic heterocycles. The van der Waals surface area contributed by atoms with E-state index in [0.29, 0.717) is 55.0 Å². The van der Waals surface area contributed by atoms with Gasteiger partial charge in [0, 0.05) is 94.4 Å². The van der Waals surface area contributed by atoms with E-state index in [2.05, 4.69) is 25.1 Å². The van der Waals surface area contributed by atoms with Crippen molar-refractivity contribution in [2.75, 3.05) is 53.0 Å². The van der Waals surface area contributed by atoms with Gasteiger partial charge in [-0.1, -0.05) is 55.0 Å². The molecule has 0 aliphatic carbocycles. The maximum Gasteiger partial charge on any atom is 0.342 e. The molecule has 13 nitrogen and oxygen atoms in total. The van der Waals surface area contributed by atoms with Crippen LogP contribution in [0, 0.1) is 0 Å². The number of furan rings is 2. The number of pyridine rings is 2. The van der Waals surface area contributed by atoms with E-state index in [4.69, 9.17) is 18.3 Å². The van der Waals surface area contributed by atoms with Crippen LogP contribution >= 0.6 is 0 Å². The molecule has 3 N–H and O–H groups in total. The Morgan fingerprint density at radius 1 is 0.651 bits per heavy atom. The topological polar surface area (TPSA) is 164 Å². The Labute approximate surface area is 363 Å². The molecule has 13 heteroatoms. The number of nitrogens with one attached hydrogen (secondary N) is 1. The van der Waals surface area contributed by atoms with Crippen molar-refractivity contribution in [1.82, 2.24) is 25.1 Å². The predicted molar refractivity (Wildman–Crippen MR) is 240 cm³/mol. The maximum absolute atomic E-state index is 12.9. The Hall–Kier alpha value is -6.80. The number of rotatable bonds is 9. The SMILES string of the molecule is CCOC(=O)c1coc2c1c(C(c1ccncc1)N1CCNCC1)c(O)c1ccccc12.COC(=O)c1coc2c1c(C(c1ccncc1)N1CCCCC1)c(O)c1ccccc12. The Bertz CT molecular complexity index is 2900. The van der Waals surface area contributed by atoms with Crippen molar-refractivity contribution >= 4 is 55.4 Å². The highest BCUT2D eigenvalue weighted by Gasteiger charge is 2.35. The van der Waals surface area contributed by atoms with Gasteiger partial charge in [-0.15, -0.1) is 0 Å². The summed E-state index contributed by atoms with van der Waals surface area (Å²) in [7, 11) is 1.35. The maximum atomic E-state index is 12.9. The molecule has 2 atom stereocenters. The van der Waals surface area contributed by atoms with Gasteiger partial charge in [-0.2, -0.15) is 0 Å². The fourth-order valence-corrected chi connectivity index (χ4v) is 9.43. The van der Waals surface area contributed by atoms with Gasteiger partial charge in [-0.3, -0.25) is 19.8 Å². The second-order valence-corrected chi connectivity index (χ2v) is 15.8. The van der Waals surface area contributed by atoms with E-state index in [1.165, 1.54) is 26.1 Å². The van der Waals surface area contributed by atoms with Crippen LogP contribution in [-0.4, -0.2) is 94.9 Å². The molecule has 6 heterocycles. The number of esters is 2. The summed E-state index contributed by atoms with van der Waals surface area (Å²) in [5.74, 6) is -0.625. The first-order valence-electron chi connectivity index (χ1n) is 21.4. The number of fused-ring (bicyclic) bond motifs is 6. The lowest BCUT2D eigenvalue weighted by Crippen LogP contribution is -2.45. The van der Waals surface area contributed by atoms with E-state index in [1.807, 2.05) is 72.8 Å². The average Bonchev–Trinajstić information content (AvgIpc) is 3.99. The first-order valence-corrected chi connectivity index (χ1v) is 21.4. The molecule has 8 aromatic rings. The van der Waals surface area contributed by atoms with Crippen molar-refractivity contribution in [3.63, 3.8) is 0 Å². The predicted octanol–water partition coefficient (Wildman–Crippen LogP) is 8.91. The third-order valence-corrected chi connectivity index (χ3v) is 12.2. The van der Waals surface area contributed by atoms with Crippen LogP contribution in [0.3, 0.4) is 0 Å². The summed E-state index contributed by atoms with van der Waals surface area (Å²) in [5.41, 5.74) is 5.15. The van der Waals surface area contributed by atoms with Gasteiger partial charge in [0.05, 0.1) is 25.8 Å². The van der Waals surface area contributed by atoms with Gasteiger partial charge in [-0.25, -0.2) is 9.59 Å². The Kier molecular flexibility index (Phi) is 12.1. The van der Waals surface area contributed by atoms with Crippen molar-refractivity contribution in [3.8, 4) is 11.5 Å². The minimum absolute atomic E-state index is 0.153. The highest BCUT2D eigenvalue weighted by molar-refractivity contribution is 6.17. The molecule has 0 radical (unpaired) electrons. The molecule has 10 rings (SSSR count). The lowest BCUT2D eigenvalue weighted by molar-refractivity contribution is 0.0526. The minimum Gasteiger partial charge on any atom is -0.507 e. The van der Waals surface area contributed by atoms with E-state index in [9.17, 15) is 19.8 Å². The number of carbonyl (C=O) groups is 2. The van der Waals surface area contributed by atoms with E-state index in [-0.39, 0.29) is 30.2 Å². The average molecular weight is 848 g/mol. The molecule has 322 valence electrons. The van der Waals surface area contributed by atoms with E-state index >= 15 is 0 Å². The third kappa shape index (κ3) is 7.73. The largest absolute Gasteiger partial charge is 0.507 e. The van der Waals surface area contributed by atoms with Gasteiger partial charge in [-0.05, 0) is 68.2 Å². The van der Waals surface area contributed by atoms with Crippen molar-refractivity contribution < 1.29 is 38.1 Å². The summed E-state index contributed by atoms with van der Waals surface area (Å²) >= 11 is 0. The number of aromatic nitrogens is 2. The molecular formula is C50H49N5O8. The molecule has 0 amide bonds. The number of piperidine rings is 1. The van der Waals surface area contributed by atoms with Crippen LogP contribution in [0.1, 0.15) is 81.2 Å². The zero-order valence-corrected chi connectivity index (χ0v) is 35.3. The van der Waals surface area contributed by atoms with E-state index in [1.54, 1.807) is 31.7 Å². The van der Waals surface area contributed by atoms with Crippen molar-refractivity contribution in [2.24, 2.45) is 0 Å². The van der Waals surface area contributed by atoms with Gasteiger partial charge in [0.2, 0.25) is 0 Å². The second-order valence-electron chi connectivity index (χ2n) is 15.8. The molecule has 0 spiro atoms. The van der Waals surface area contributed by atoms with Gasteiger partial charge < -0.3 is 33.8 Å². The van der Waals surface area contributed by atoms with Gasteiger partial charge in [0.15, 0.2) is 0 Å². The fourth-order valence-electron chi connectivity index (χ4n) is 9.43. The Morgan fingerprint density at radius 2 is 1.10 bits per heavy atom. The van der Waals surface area contributed by atoms with Crippen LogP contribution in [0.5, 0.6) is 11.5 Å². The van der Waals surface area contributed by atoms with Crippen molar-refractivity contribution in [2.45, 2.75) is 38.3 Å². The molecule has 2 fully saturated rings. The number of hydrogen-bond acceptors (Lipinski definition) is 13. The number of piperazine rings is 1. The molecule has 2 aliphatic rings. The molecule has 4 aromatic heterocycles. The number of methoxy groups -OCH3 is 1. The molecule has 0 saturated carbocycles. The number of phenols is 2. The smallest absolute Gasteiger partial charge is 0.342 e. The highest BCUT2D eigenvalue weighted by Crippen LogP contribution is 2.48. The van der Waals surface area contributed by atoms with Crippen molar-refractivity contribution in [1.29, 1.82) is 0 Å². The first kappa shape index (κ1) is 41.5. The zero-order valence-electron chi connectivity index (χ0n) is 35.3. The third-order valence-electron chi connectivity index (χ3n) is 12.2. The highest BCUT2D eigenvalue weighted by atomic mass is 16.5. The molecular weight excluding hydrogens is 799 g/mol. The normalized spacial score (nSPS) is 15.8. The van der Waals surface area contributed by atoms with Crippen LogP contribution < -0.4 is 5.32 Å². The van der Waals surface area contributed by atoms with Crippen LogP contribution in [0.25, 0.3) is 43.5 Å². The second kappa shape index (κ2) is 18.3. The lowest BCUT2D eigenvalue weighted by atomic mass is 9.88. The number of nitrogens with zero attached hydrogens (tertiary/aromatic N) is 4. The number of likely N-dealkylation sites (tertiary alicyclic amines) is 1. The summed E-state index contributed by atoms with van der Waals surface area (Å²) in [6, 6.07) is 22.5. The number of phenolic OH excluding ortho intramolecular Hbond substituents is 2. The molecule has 2 saturated heterocycles. The summed E-state index contributed by atoms with van der Waals surface area (Å²) in [4.78, 5) is 38.5. The van der Waals surface area contributed by atoms with Gasteiger partial charge >= 0.3 is 11.9 Å². The fraction of sp³-hybridized carbons (Fsp3) is 0.280. The molecule has 0 bridgehead atoms. The Balaban J connectivity index is 0.000000160. The minimum atomic E-state index is -0.484. The molecule has 63 heavy (non-hydrogen) atoms. The van der Waals surface area contributed by atoms with Crippen molar-refractivity contribution in [3.05, 3.63) is 143 Å². The van der Waals surface area contributed by atoms with Crippen LogP contribution in [0.2, 0.25) is 0 Å². The van der Waals surface area contributed by atoms with Crippen LogP contribution in [-0.2, 0) is 9.47 Å². The van der Waals surface area contributed by atoms with Crippen LogP contribution in [0.4, 0.5) is 0 Å². The number of benzene rings is 4. The molecule has 2 unspecified atom stereocenters. The monoisotopic (exact) mass is 847 g/mol. The quantitative estimate of drug-likeness (QED) is 0.118. The first-order chi connectivity index (χ1) is 30.9. The van der Waals surface area contributed by atoms with E-state index < -0.39 is 11.9 Å². The summed E-state index contributed by atoms with van der Waals surface area (Å²) in [6.07, 6.45) is 13.3. The number of ether oxygens (including phenoxy) is 2. The van der Waals surface area contributed by atoms with Gasteiger partial charge in [0.1, 0.15) is 46.3 Å². The Morgan fingerprint density at radius 3 is 1.56 bits per heavy atom. The summed E-state index contributed by atoms with van der Waals surface area (Å²) in [5, 5.41) is 30.7. The van der Waals surface area contributed by atoms with Crippen LogP contribution in [0.15, 0.2) is 119 Å². The summed E-state index contributed by atoms with van der Waals surface area (Å²) in [6.45, 7) is 7.13. The number of aromatic hydroxyl groups is 2. The lowest BCUT2D eigenvalue weighted by Gasteiger charge is -2.36. The number of hydrogen-bond donors (Lipinski definition) is 3. The zero-order chi connectivity index (χ0) is 43.5. The summed E-state index contributed by atoms with van der Waals surface area (Å²) < 4.78 is 22.2. The van der Waals surface area contributed by atoms with E-state index in [0.717, 1.165) is 74.0 Å². The van der Waals surface area contributed by atoms with Gasteiger partial charge in [0.25, 0.3) is 0 Å². The standard InChI is InChI=1S/C25H25N3O4.C25H24N2O4/c1-2-31-25(30)19-15-32-24-18-6-4-3-5-17(18)23(29)21(20(19)24)22(16-7-9-26-10-8-16)28-13-11-27-12-14-28;1-30-25(29)19-15-31-24-18-8-4-3-7-17(18)23(28)21(20(19)24)22(16-9-11-26-12-10-16)27-13-5-2-6-14-27/h3-10,15,22,27,29H,2,11-14H2,1H3;3-4,7-12,15,22,28H,2,5-6,13-14H2,1H3. The number of carbonyl (C=O) groups excluding carboxylic acids is 2. The molecule has 4 aromatic carbocycles.